The lowest BCUT2D eigenvalue weighted by atomic mass is 10.5. The van der Waals surface area contributed by atoms with Crippen LogP contribution >= 0.6 is 0 Å². The normalized spacial score (nSPS) is 10.7. The molecule has 0 bridgehead atoms. The number of nitrogens with two attached hydrogens (primary N) is 1. The van der Waals surface area contributed by atoms with Crippen molar-refractivity contribution in [1.29, 1.82) is 0 Å². The third-order valence-corrected chi connectivity index (χ3v) is 1.77. The maximum absolute atomic E-state index is 12.4. The van der Waals surface area contributed by atoms with Crippen molar-refractivity contribution >= 4 is 6.09 Å². The largest absolute Gasteiger partial charge is 0.448 e. The van der Waals surface area contributed by atoms with E-state index in [1.807, 2.05) is 0 Å². The summed E-state index contributed by atoms with van der Waals surface area (Å²) in [5, 5.41) is 2.79. The number of nitrogens with one attached hydrogen (secondary N) is 1. The number of imidazole rings is 1. The van der Waals surface area contributed by atoms with Gasteiger partial charge in [0.15, 0.2) is 0 Å². The van der Waals surface area contributed by atoms with Crippen LogP contribution < -0.4 is 11.1 Å². The molecule has 0 aliphatic rings. The number of amides is 1. The van der Waals surface area contributed by atoms with Crippen LogP contribution in [0.3, 0.4) is 0 Å². The number of hydrogen-bond acceptors (Lipinski definition) is 4. The maximum atomic E-state index is 12.4. The fourth-order valence-electron chi connectivity index (χ4n) is 1.08. The van der Waals surface area contributed by atoms with Crippen LogP contribution in [0.25, 0.3) is 0 Å². The van der Waals surface area contributed by atoms with E-state index in [0.717, 1.165) is 4.57 Å². The fourth-order valence-corrected chi connectivity index (χ4v) is 1.08. The van der Waals surface area contributed by atoms with Gasteiger partial charge in [-0.1, -0.05) is 0 Å². The minimum atomic E-state index is -2.61. The summed E-state index contributed by atoms with van der Waals surface area (Å²) in [4.78, 5) is 13.9. The summed E-state index contributed by atoms with van der Waals surface area (Å²) in [6.45, 7) is -2.04. The second-order valence-electron chi connectivity index (χ2n) is 2.87. The second kappa shape index (κ2) is 6.01. The van der Waals surface area contributed by atoms with Crippen LogP contribution in [-0.2, 0) is 11.3 Å². The van der Waals surface area contributed by atoms with E-state index in [2.05, 4.69) is 15.0 Å². The minimum absolute atomic E-state index is 0.0880. The zero-order valence-electron chi connectivity index (χ0n) is 8.40. The van der Waals surface area contributed by atoms with Crippen molar-refractivity contribution in [2.75, 3.05) is 13.2 Å². The summed E-state index contributed by atoms with van der Waals surface area (Å²) < 4.78 is 29.9. The zero-order chi connectivity index (χ0) is 12.0. The van der Waals surface area contributed by atoms with Gasteiger partial charge in [0, 0.05) is 18.9 Å². The Bertz CT molecular complexity index is 343. The Morgan fingerprint density at radius 1 is 1.69 bits per heavy atom. The molecule has 0 spiro atoms. The second-order valence-corrected chi connectivity index (χ2v) is 2.87. The van der Waals surface area contributed by atoms with Gasteiger partial charge < -0.3 is 15.8 Å². The van der Waals surface area contributed by atoms with Gasteiger partial charge in [0.25, 0.3) is 0 Å². The smallest absolute Gasteiger partial charge is 0.404 e. The Morgan fingerprint density at radius 2 is 2.44 bits per heavy atom. The van der Waals surface area contributed by atoms with Gasteiger partial charge in [0.2, 0.25) is 0 Å². The molecule has 90 valence electrons. The third kappa shape index (κ3) is 3.81. The number of halogens is 2. The van der Waals surface area contributed by atoms with E-state index in [-0.39, 0.29) is 19.0 Å². The lowest BCUT2D eigenvalue weighted by Gasteiger charge is -2.07. The molecule has 1 aromatic rings. The Balaban J connectivity index is 2.26. The van der Waals surface area contributed by atoms with E-state index in [9.17, 15) is 13.6 Å². The van der Waals surface area contributed by atoms with Crippen LogP contribution in [0.1, 0.15) is 12.4 Å². The van der Waals surface area contributed by atoms with E-state index < -0.39 is 12.6 Å². The molecule has 0 saturated heterocycles. The van der Waals surface area contributed by atoms with Crippen LogP contribution in [0, 0.1) is 0 Å². The van der Waals surface area contributed by atoms with Gasteiger partial charge >= 0.3 is 12.6 Å². The molecular weight excluding hydrogens is 222 g/mol. The van der Waals surface area contributed by atoms with Crippen molar-refractivity contribution < 1.29 is 18.3 Å². The summed E-state index contributed by atoms with van der Waals surface area (Å²) in [5.74, 6) is 0.217. The zero-order valence-corrected chi connectivity index (χ0v) is 8.40. The predicted octanol–water partition coefficient (Wildman–Crippen LogP) is 0.463. The molecule has 0 aromatic carbocycles. The Kier molecular flexibility index (Phi) is 4.65. The maximum Gasteiger partial charge on any atom is 0.404 e. The van der Waals surface area contributed by atoms with Crippen LogP contribution in [0.2, 0.25) is 0 Å². The quantitative estimate of drug-likeness (QED) is 0.701. The van der Waals surface area contributed by atoms with Crippen molar-refractivity contribution in [2.24, 2.45) is 5.73 Å². The van der Waals surface area contributed by atoms with Crippen LogP contribution in [0.5, 0.6) is 0 Å². The Morgan fingerprint density at radius 3 is 3.06 bits per heavy atom. The summed E-state index contributed by atoms with van der Waals surface area (Å²) >= 11 is 0. The summed E-state index contributed by atoms with van der Waals surface area (Å²) in [6, 6.07) is 0. The van der Waals surface area contributed by atoms with Crippen LogP contribution in [-0.4, -0.2) is 28.8 Å². The van der Waals surface area contributed by atoms with Crippen molar-refractivity contribution in [3.8, 4) is 0 Å². The van der Waals surface area contributed by atoms with Gasteiger partial charge in [0.05, 0.1) is 6.54 Å². The van der Waals surface area contributed by atoms with Crippen molar-refractivity contribution in [3.63, 3.8) is 0 Å². The first kappa shape index (κ1) is 12.4. The average molecular weight is 234 g/mol. The lowest BCUT2D eigenvalue weighted by molar-refractivity contribution is 0.0666. The van der Waals surface area contributed by atoms with E-state index >= 15 is 0 Å². The molecular formula is C8H12F2N4O2. The molecule has 8 heteroatoms. The Hall–Kier alpha value is -1.70. The number of aromatic nitrogens is 2. The number of rotatable bonds is 6. The number of nitrogens with zero attached hydrogens (tertiary/aromatic N) is 2. The Labute approximate surface area is 90.4 Å². The summed E-state index contributed by atoms with van der Waals surface area (Å²) in [5.41, 5.74) is 4.73. The molecule has 0 unspecified atom stereocenters. The van der Waals surface area contributed by atoms with Crippen LogP contribution in [0.4, 0.5) is 13.6 Å². The van der Waals surface area contributed by atoms with Gasteiger partial charge in [-0.15, -0.1) is 0 Å². The van der Waals surface area contributed by atoms with Gasteiger partial charge in [-0.05, 0) is 0 Å². The summed E-state index contributed by atoms with van der Waals surface area (Å²) in [6.07, 6.45) is 1.63. The average Bonchev–Trinajstić information content (AvgIpc) is 2.65. The highest BCUT2D eigenvalue weighted by atomic mass is 19.3. The van der Waals surface area contributed by atoms with E-state index in [1.54, 1.807) is 0 Å². The lowest BCUT2D eigenvalue weighted by Crippen LogP contribution is -2.24. The van der Waals surface area contributed by atoms with Crippen molar-refractivity contribution in [2.45, 2.75) is 13.1 Å². The van der Waals surface area contributed by atoms with Gasteiger partial charge in [0.1, 0.15) is 12.4 Å². The molecule has 0 fully saturated rings. The first-order chi connectivity index (χ1) is 7.61. The predicted molar refractivity (Wildman–Crippen MR) is 50.7 cm³/mol. The van der Waals surface area contributed by atoms with E-state index in [1.165, 1.54) is 12.4 Å². The molecule has 0 aliphatic heterocycles. The molecule has 1 aromatic heterocycles. The van der Waals surface area contributed by atoms with E-state index in [0.29, 0.717) is 6.54 Å². The summed E-state index contributed by atoms with van der Waals surface area (Å²) in [7, 11) is 0. The molecule has 6 nitrogen and oxygen atoms in total. The topological polar surface area (TPSA) is 82.2 Å². The highest BCUT2D eigenvalue weighted by Gasteiger charge is 2.10. The highest BCUT2D eigenvalue weighted by Crippen LogP contribution is 2.11. The number of alkyl halides is 2. The number of carbonyl (C=O) groups is 1. The first-order valence-corrected chi connectivity index (χ1v) is 4.54. The van der Waals surface area contributed by atoms with Crippen LogP contribution in [0.15, 0.2) is 12.4 Å². The molecule has 0 saturated carbocycles. The molecule has 1 rings (SSSR count). The van der Waals surface area contributed by atoms with Gasteiger partial charge in [-0.25, -0.2) is 9.78 Å². The molecule has 0 radical (unpaired) electrons. The number of hydrogen-bond donors (Lipinski definition) is 2. The highest BCUT2D eigenvalue weighted by molar-refractivity contribution is 5.64. The van der Waals surface area contributed by atoms with Gasteiger partial charge in [-0.2, -0.15) is 8.78 Å². The molecule has 0 aliphatic carbocycles. The van der Waals surface area contributed by atoms with E-state index in [4.69, 9.17) is 5.73 Å². The SMILES string of the molecule is NC(=O)OCCNCc1nccn1C(F)F. The standard InChI is InChI=1S/C8H12F2N4O2/c9-7(10)14-3-1-13-6(14)5-12-2-4-16-8(11)15/h1,3,7,12H,2,4-5H2,(H2,11,15). The molecule has 0 atom stereocenters. The fraction of sp³-hybridized carbons (Fsp3) is 0.500. The monoisotopic (exact) mass is 234 g/mol. The number of carbonyl (C=O) groups excluding carboxylic acids is 1. The molecule has 16 heavy (non-hydrogen) atoms. The molecule has 1 heterocycles. The molecule has 3 N–H and O–H groups in total. The first-order valence-electron chi connectivity index (χ1n) is 4.54. The number of primary amides is 1. The molecule has 1 amide bonds. The van der Waals surface area contributed by atoms with Gasteiger partial charge in [-0.3, -0.25) is 4.57 Å². The van der Waals surface area contributed by atoms with Crippen molar-refractivity contribution in [3.05, 3.63) is 18.2 Å². The van der Waals surface area contributed by atoms with Crippen molar-refractivity contribution in [1.82, 2.24) is 14.9 Å². The number of ether oxygens (including phenoxy) is 1. The third-order valence-electron chi connectivity index (χ3n) is 1.77. The minimum Gasteiger partial charge on any atom is -0.448 e.